The highest BCUT2D eigenvalue weighted by molar-refractivity contribution is 5.80. The van der Waals surface area contributed by atoms with Crippen LogP contribution in [0.25, 0.3) is 10.9 Å². The van der Waals surface area contributed by atoms with Gasteiger partial charge in [0, 0.05) is 5.39 Å². The van der Waals surface area contributed by atoms with Gasteiger partial charge in [-0.15, -0.1) is 0 Å². The van der Waals surface area contributed by atoms with E-state index in [-0.39, 0.29) is 0 Å². The number of nitrogens with one attached hydrogen (secondary N) is 1. The van der Waals surface area contributed by atoms with Crippen LogP contribution in [0.1, 0.15) is 12.1 Å². The molecular weight excluding hydrogens is 198 g/mol. The van der Waals surface area contributed by atoms with Gasteiger partial charge in [0.1, 0.15) is 6.33 Å². The van der Waals surface area contributed by atoms with Crippen LogP contribution in [0.3, 0.4) is 0 Å². The molecule has 82 valence electrons. The van der Waals surface area contributed by atoms with Crippen LogP contribution in [-0.4, -0.2) is 23.1 Å². The predicted molar refractivity (Wildman–Crippen MR) is 64.2 cm³/mol. The molecule has 2 aromatic rings. The van der Waals surface area contributed by atoms with E-state index >= 15 is 0 Å². The Morgan fingerprint density at radius 1 is 1.25 bits per heavy atom. The summed E-state index contributed by atoms with van der Waals surface area (Å²) in [6, 6.07) is 8.25. The SMILES string of the molecule is c1ccc2c(C[C@@H]3CCNC3)ncnc2c1. The Hall–Kier alpha value is -1.48. The summed E-state index contributed by atoms with van der Waals surface area (Å²) in [6.45, 7) is 2.27. The summed E-state index contributed by atoms with van der Waals surface area (Å²) in [7, 11) is 0. The number of aromatic nitrogens is 2. The van der Waals surface area contributed by atoms with Crippen LogP contribution in [0, 0.1) is 5.92 Å². The third-order valence-electron chi connectivity index (χ3n) is 3.27. The summed E-state index contributed by atoms with van der Waals surface area (Å²) >= 11 is 0. The average Bonchev–Trinajstić information content (AvgIpc) is 2.82. The Balaban J connectivity index is 1.96. The van der Waals surface area contributed by atoms with Gasteiger partial charge in [0.2, 0.25) is 0 Å². The number of rotatable bonds is 2. The zero-order chi connectivity index (χ0) is 10.8. The van der Waals surface area contributed by atoms with Crippen molar-refractivity contribution in [2.75, 3.05) is 13.1 Å². The van der Waals surface area contributed by atoms with Gasteiger partial charge in [-0.2, -0.15) is 0 Å². The van der Waals surface area contributed by atoms with Crippen LogP contribution in [0.15, 0.2) is 30.6 Å². The molecule has 0 saturated carbocycles. The van der Waals surface area contributed by atoms with Crippen molar-refractivity contribution in [3.8, 4) is 0 Å². The molecule has 0 spiro atoms. The highest BCUT2D eigenvalue weighted by Gasteiger charge is 2.16. The monoisotopic (exact) mass is 213 g/mol. The second kappa shape index (κ2) is 4.18. The van der Waals surface area contributed by atoms with E-state index in [1.54, 1.807) is 6.33 Å². The van der Waals surface area contributed by atoms with Gasteiger partial charge in [0.15, 0.2) is 0 Å². The van der Waals surface area contributed by atoms with Crippen molar-refractivity contribution in [1.29, 1.82) is 0 Å². The molecule has 1 aliphatic rings. The maximum absolute atomic E-state index is 4.43. The van der Waals surface area contributed by atoms with Crippen molar-refractivity contribution < 1.29 is 0 Å². The lowest BCUT2D eigenvalue weighted by Crippen LogP contribution is -2.11. The van der Waals surface area contributed by atoms with Crippen molar-refractivity contribution >= 4 is 10.9 Å². The van der Waals surface area contributed by atoms with Gasteiger partial charge in [0.25, 0.3) is 0 Å². The van der Waals surface area contributed by atoms with E-state index in [0.29, 0.717) is 0 Å². The number of benzene rings is 1. The lowest BCUT2D eigenvalue weighted by molar-refractivity contribution is 0.574. The summed E-state index contributed by atoms with van der Waals surface area (Å²) in [5.74, 6) is 0.735. The molecule has 1 N–H and O–H groups in total. The van der Waals surface area contributed by atoms with Crippen molar-refractivity contribution in [2.45, 2.75) is 12.8 Å². The minimum absolute atomic E-state index is 0.735. The van der Waals surface area contributed by atoms with Crippen LogP contribution in [-0.2, 0) is 6.42 Å². The molecular formula is C13H15N3. The summed E-state index contributed by atoms with van der Waals surface area (Å²) in [4.78, 5) is 8.72. The van der Waals surface area contributed by atoms with Crippen LogP contribution < -0.4 is 5.32 Å². The van der Waals surface area contributed by atoms with Gasteiger partial charge in [-0.1, -0.05) is 18.2 Å². The molecule has 3 heteroatoms. The Labute approximate surface area is 94.9 Å². The summed E-state index contributed by atoms with van der Waals surface area (Å²) < 4.78 is 0. The summed E-state index contributed by atoms with van der Waals surface area (Å²) in [5.41, 5.74) is 2.25. The Bertz CT molecular complexity index is 484. The van der Waals surface area contributed by atoms with Gasteiger partial charge in [0.05, 0.1) is 11.2 Å². The second-order valence-corrected chi connectivity index (χ2v) is 4.40. The van der Waals surface area contributed by atoms with E-state index in [9.17, 15) is 0 Å². The molecule has 0 aliphatic carbocycles. The van der Waals surface area contributed by atoms with E-state index in [4.69, 9.17) is 0 Å². The van der Waals surface area contributed by atoms with E-state index in [0.717, 1.165) is 30.9 Å². The first-order chi connectivity index (χ1) is 7.93. The third kappa shape index (κ3) is 1.78. The zero-order valence-electron chi connectivity index (χ0n) is 9.19. The molecule has 3 rings (SSSR count). The van der Waals surface area contributed by atoms with E-state index in [2.05, 4.69) is 27.4 Å². The Morgan fingerprint density at radius 3 is 3.06 bits per heavy atom. The van der Waals surface area contributed by atoms with Gasteiger partial charge in [-0.3, -0.25) is 0 Å². The highest BCUT2D eigenvalue weighted by atomic mass is 14.9. The molecule has 1 fully saturated rings. The molecule has 2 heterocycles. The van der Waals surface area contributed by atoms with Crippen LogP contribution >= 0.6 is 0 Å². The predicted octanol–water partition coefficient (Wildman–Crippen LogP) is 1.78. The number of hydrogen-bond acceptors (Lipinski definition) is 3. The van der Waals surface area contributed by atoms with Crippen molar-refractivity contribution in [3.63, 3.8) is 0 Å². The van der Waals surface area contributed by atoms with Gasteiger partial charge in [-0.25, -0.2) is 9.97 Å². The van der Waals surface area contributed by atoms with Crippen LogP contribution in [0.4, 0.5) is 0 Å². The fourth-order valence-electron chi connectivity index (χ4n) is 2.39. The lowest BCUT2D eigenvalue weighted by Gasteiger charge is -2.09. The standard InChI is InChI=1S/C13H15N3/c1-2-4-12-11(3-1)13(16-9-15-12)7-10-5-6-14-8-10/h1-4,9-10,14H,5-8H2/t10-/m0/s1. The zero-order valence-corrected chi connectivity index (χ0v) is 9.19. The molecule has 1 aliphatic heterocycles. The molecule has 1 aromatic heterocycles. The normalized spacial score (nSPS) is 20.4. The number of fused-ring (bicyclic) bond motifs is 1. The Morgan fingerprint density at radius 2 is 2.19 bits per heavy atom. The van der Waals surface area contributed by atoms with Gasteiger partial charge < -0.3 is 5.32 Å². The molecule has 1 aromatic carbocycles. The third-order valence-corrected chi connectivity index (χ3v) is 3.27. The van der Waals surface area contributed by atoms with E-state index in [1.165, 1.54) is 17.5 Å². The quantitative estimate of drug-likeness (QED) is 0.826. The smallest absolute Gasteiger partial charge is 0.116 e. The fourth-order valence-corrected chi connectivity index (χ4v) is 2.39. The van der Waals surface area contributed by atoms with Crippen molar-refractivity contribution in [1.82, 2.24) is 15.3 Å². The van der Waals surface area contributed by atoms with Crippen LogP contribution in [0.2, 0.25) is 0 Å². The highest BCUT2D eigenvalue weighted by Crippen LogP contribution is 2.19. The molecule has 16 heavy (non-hydrogen) atoms. The minimum Gasteiger partial charge on any atom is -0.316 e. The molecule has 0 radical (unpaired) electrons. The second-order valence-electron chi connectivity index (χ2n) is 4.40. The minimum atomic E-state index is 0.735. The molecule has 0 unspecified atom stereocenters. The van der Waals surface area contributed by atoms with Crippen molar-refractivity contribution in [2.24, 2.45) is 5.92 Å². The summed E-state index contributed by atoms with van der Waals surface area (Å²) in [5, 5.41) is 4.60. The first kappa shape index (κ1) is 9.73. The topological polar surface area (TPSA) is 37.8 Å². The summed E-state index contributed by atoms with van der Waals surface area (Å²) in [6.07, 6.45) is 4.01. The van der Waals surface area contributed by atoms with E-state index in [1.807, 2.05) is 12.1 Å². The van der Waals surface area contributed by atoms with E-state index < -0.39 is 0 Å². The average molecular weight is 213 g/mol. The molecule has 0 amide bonds. The largest absolute Gasteiger partial charge is 0.316 e. The maximum atomic E-state index is 4.43. The molecule has 0 bridgehead atoms. The van der Waals surface area contributed by atoms with Crippen LogP contribution in [0.5, 0.6) is 0 Å². The first-order valence-corrected chi connectivity index (χ1v) is 5.83. The molecule has 3 nitrogen and oxygen atoms in total. The number of hydrogen-bond donors (Lipinski definition) is 1. The maximum Gasteiger partial charge on any atom is 0.116 e. The van der Waals surface area contributed by atoms with Gasteiger partial charge in [-0.05, 0) is 37.9 Å². The van der Waals surface area contributed by atoms with Gasteiger partial charge >= 0.3 is 0 Å². The number of nitrogens with zero attached hydrogens (tertiary/aromatic N) is 2. The molecule has 1 atom stereocenters. The fraction of sp³-hybridized carbons (Fsp3) is 0.385. The van der Waals surface area contributed by atoms with Crippen molar-refractivity contribution in [3.05, 3.63) is 36.3 Å². The lowest BCUT2D eigenvalue weighted by atomic mass is 10.00. The first-order valence-electron chi connectivity index (χ1n) is 5.83. The Kier molecular flexibility index (Phi) is 2.54. The molecule has 1 saturated heterocycles. The number of para-hydroxylation sites is 1.